The van der Waals surface area contributed by atoms with Gasteiger partial charge in [0.2, 0.25) is 11.9 Å². The van der Waals surface area contributed by atoms with E-state index in [1.54, 1.807) is 30.3 Å². The molecule has 1 aliphatic rings. The molecular formula is C19H18ClN3O4. The van der Waals surface area contributed by atoms with Crippen molar-refractivity contribution in [2.75, 3.05) is 14.2 Å². The first-order valence-electron chi connectivity index (χ1n) is 8.16. The van der Waals surface area contributed by atoms with Crippen LogP contribution < -0.4 is 20.1 Å². The number of hydrogen-bond acceptors (Lipinski definition) is 5. The number of halogens is 1. The van der Waals surface area contributed by atoms with E-state index in [0.717, 1.165) is 5.56 Å². The summed E-state index contributed by atoms with van der Waals surface area (Å²) in [4.78, 5) is 29.0. The average molecular weight is 388 g/mol. The second-order valence-corrected chi connectivity index (χ2v) is 6.29. The second kappa shape index (κ2) is 8.09. The van der Waals surface area contributed by atoms with Gasteiger partial charge in [-0.3, -0.25) is 20.2 Å². The predicted octanol–water partition coefficient (Wildman–Crippen LogP) is 2.70. The minimum Gasteiger partial charge on any atom is -0.497 e. The Morgan fingerprint density at radius 3 is 2.37 bits per heavy atom. The summed E-state index contributed by atoms with van der Waals surface area (Å²) in [6.45, 7) is 0. The summed E-state index contributed by atoms with van der Waals surface area (Å²) in [5.74, 6) is 0.380. The predicted molar refractivity (Wildman–Crippen MR) is 101 cm³/mol. The van der Waals surface area contributed by atoms with Crippen molar-refractivity contribution in [3.8, 4) is 11.5 Å². The van der Waals surface area contributed by atoms with Gasteiger partial charge in [0.25, 0.3) is 5.91 Å². The Balaban J connectivity index is 1.82. The average Bonchev–Trinajstić information content (AvgIpc) is 2.67. The van der Waals surface area contributed by atoms with Gasteiger partial charge in [0.05, 0.1) is 26.7 Å². The molecule has 27 heavy (non-hydrogen) atoms. The fraction of sp³-hybridized carbons (Fsp3) is 0.211. The van der Waals surface area contributed by atoms with Crippen LogP contribution in [0.5, 0.6) is 11.5 Å². The minimum atomic E-state index is -0.442. The monoisotopic (exact) mass is 387 g/mol. The summed E-state index contributed by atoms with van der Waals surface area (Å²) in [7, 11) is 3.00. The second-order valence-electron chi connectivity index (χ2n) is 5.85. The first-order valence-corrected chi connectivity index (χ1v) is 8.54. The third-order valence-electron chi connectivity index (χ3n) is 4.02. The molecule has 0 bridgehead atoms. The van der Waals surface area contributed by atoms with Gasteiger partial charge in [-0.25, -0.2) is 4.99 Å². The Morgan fingerprint density at radius 2 is 1.78 bits per heavy atom. The van der Waals surface area contributed by atoms with Gasteiger partial charge >= 0.3 is 0 Å². The molecule has 3 rings (SSSR count). The van der Waals surface area contributed by atoms with Crippen LogP contribution in [0.3, 0.4) is 0 Å². The Bertz CT molecular complexity index is 874. The number of benzene rings is 2. The van der Waals surface area contributed by atoms with Gasteiger partial charge in [0, 0.05) is 16.7 Å². The summed E-state index contributed by atoms with van der Waals surface area (Å²) in [5.41, 5.74) is 1.15. The number of nitrogens with one attached hydrogen (secondary N) is 2. The highest BCUT2D eigenvalue weighted by Crippen LogP contribution is 2.25. The standard InChI is InChI=1S/C19H18ClN3O4/c1-26-14-7-12(8-15(9-14)27-2)18(25)23-19-21-16(10-17(24)22-19)11-3-5-13(20)6-4-11/h3-9,16H,10H2,1-2H3,(H2,21,22,23,24,25). The Kier molecular flexibility index (Phi) is 5.61. The molecule has 0 fully saturated rings. The van der Waals surface area contributed by atoms with Crippen molar-refractivity contribution in [1.82, 2.24) is 10.6 Å². The van der Waals surface area contributed by atoms with Crippen LogP contribution in [0, 0.1) is 0 Å². The molecule has 0 saturated heterocycles. The largest absolute Gasteiger partial charge is 0.497 e. The van der Waals surface area contributed by atoms with E-state index in [-0.39, 0.29) is 18.3 Å². The molecular weight excluding hydrogens is 370 g/mol. The third-order valence-corrected chi connectivity index (χ3v) is 4.27. The fourth-order valence-electron chi connectivity index (χ4n) is 2.65. The summed E-state index contributed by atoms with van der Waals surface area (Å²) in [6.07, 6.45) is 0.188. The number of carbonyl (C=O) groups is 2. The number of nitrogens with zero attached hydrogens (tertiary/aromatic N) is 1. The molecule has 7 nitrogen and oxygen atoms in total. The number of aliphatic imine (C=N–C) groups is 1. The molecule has 2 amide bonds. The summed E-state index contributed by atoms with van der Waals surface area (Å²) in [6, 6.07) is 11.5. The molecule has 0 aliphatic carbocycles. The van der Waals surface area contributed by atoms with E-state index >= 15 is 0 Å². The molecule has 2 aromatic rings. The van der Waals surface area contributed by atoms with Gasteiger partial charge in [-0.2, -0.15) is 0 Å². The molecule has 0 spiro atoms. The molecule has 2 N–H and O–H groups in total. The zero-order valence-electron chi connectivity index (χ0n) is 14.8. The zero-order valence-corrected chi connectivity index (χ0v) is 15.5. The van der Waals surface area contributed by atoms with Crippen LogP contribution in [-0.2, 0) is 4.79 Å². The number of carbonyl (C=O) groups excluding carboxylic acids is 2. The number of guanidine groups is 1. The van der Waals surface area contributed by atoms with Crippen molar-refractivity contribution in [3.05, 3.63) is 58.6 Å². The van der Waals surface area contributed by atoms with Crippen molar-refractivity contribution in [1.29, 1.82) is 0 Å². The third kappa shape index (κ3) is 4.57. The zero-order chi connectivity index (χ0) is 19.4. The Hall–Kier alpha value is -3.06. The number of ether oxygens (including phenoxy) is 2. The molecule has 2 aromatic carbocycles. The highest BCUT2D eigenvalue weighted by molar-refractivity contribution is 6.30. The summed E-state index contributed by atoms with van der Waals surface area (Å²) >= 11 is 5.90. The summed E-state index contributed by atoms with van der Waals surface area (Å²) < 4.78 is 10.3. The number of hydrogen-bond donors (Lipinski definition) is 2. The van der Waals surface area contributed by atoms with Crippen LogP contribution in [-0.4, -0.2) is 32.0 Å². The number of amides is 2. The molecule has 1 heterocycles. The molecule has 0 radical (unpaired) electrons. The van der Waals surface area contributed by atoms with Crippen LogP contribution in [0.15, 0.2) is 47.5 Å². The van der Waals surface area contributed by atoms with Crippen molar-refractivity contribution >= 4 is 29.4 Å². The maximum atomic E-state index is 12.6. The van der Waals surface area contributed by atoms with Gasteiger partial charge in [-0.15, -0.1) is 0 Å². The van der Waals surface area contributed by atoms with E-state index in [2.05, 4.69) is 15.6 Å². The lowest BCUT2D eigenvalue weighted by Crippen LogP contribution is -2.47. The number of methoxy groups -OCH3 is 2. The van der Waals surface area contributed by atoms with Crippen LogP contribution in [0.1, 0.15) is 28.4 Å². The van der Waals surface area contributed by atoms with E-state index in [4.69, 9.17) is 21.1 Å². The van der Waals surface area contributed by atoms with Crippen LogP contribution in [0.2, 0.25) is 5.02 Å². The van der Waals surface area contributed by atoms with E-state index < -0.39 is 11.9 Å². The van der Waals surface area contributed by atoms with E-state index in [1.165, 1.54) is 14.2 Å². The van der Waals surface area contributed by atoms with Gasteiger partial charge in [0.15, 0.2) is 0 Å². The molecule has 0 aromatic heterocycles. The molecule has 1 unspecified atom stereocenters. The van der Waals surface area contributed by atoms with Crippen molar-refractivity contribution in [2.45, 2.75) is 12.5 Å². The van der Waals surface area contributed by atoms with E-state index in [0.29, 0.717) is 22.1 Å². The SMILES string of the molecule is COc1cc(OC)cc(C(=O)NC2=NC(c3ccc(Cl)cc3)CC(=O)N2)c1. The van der Waals surface area contributed by atoms with Gasteiger partial charge in [-0.05, 0) is 29.8 Å². The first-order chi connectivity index (χ1) is 13.0. The molecule has 1 aliphatic heterocycles. The lowest BCUT2D eigenvalue weighted by atomic mass is 10.0. The molecule has 140 valence electrons. The summed E-state index contributed by atoms with van der Waals surface area (Å²) in [5, 5.41) is 5.80. The Labute approximate surface area is 161 Å². The van der Waals surface area contributed by atoms with Gasteiger partial charge in [0.1, 0.15) is 11.5 Å². The molecule has 0 saturated carbocycles. The smallest absolute Gasteiger partial charge is 0.258 e. The maximum absolute atomic E-state index is 12.6. The van der Waals surface area contributed by atoms with Crippen LogP contribution >= 0.6 is 11.6 Å². The van der Waals surface area contributed by atoms with Crippen LogP contribution in [0.25, 0.3) is 0 Å². The van der Waals surface area contributed by atoms with Crippen molar-refractivity contribution in [3.63, 3.8) is 0 Å². The fourth-order valence-corrected chi connectivity index (χ4v) is 2.78. The van der Waals surface area contributed by atoms with Gasteiger partial charge in [-0.1, -0.05) is 23.7 Å². The molecule has 8 heteroatoms. The Morgan fingerprint density at radius 1 is 1.15 bits per heavy atom. The number of rotatable bonds is 4. The highest BCUT2D eigenvalue weighted by atomic mass is 35.5. The van der Waals surface area contributed by atoms with E-state index in [1.807, 2.05) is 12.1 Å². The normalized spacial score (nSPS) is 16.2. The van der Waals surface area contributed by atoms with Crippen molar-refractivity contribution < 1.29 is 19.1 Å². The van der Waals surface area contributed by atoms with E-state index in [9.17, 15) is 9.59 Å². The quantitative estimate of drug-likeness (QED) is 0.844. The highest BCUT2D eigenvalue weighted by Gasteiger charge is 2.24. The lowest BCUT2D eigenvalue weighted by molar-refractivity contribution is -0.120. The maximum Gasteiger partial charge on any atom is 0.258 e. The topological polar surface area (TPSA) is 89.0 Å². The molecule has 1 atom stereocenters. The van der Waals surface area contributed by atoms with Gasteiger partial charge < -0.3 is 9.47 Å². The van der Waals surface area contributed by atoms with Crippen molar-refractivity contribution in [2.24, 2.45) is 4.99 Å². The lowest BCUT2D eigenvalue weighted by Gasteiger charge is -2.21. The first kappa shape index (κ1) is 18.7. The minimum absolute atomic E-state index is 0.0954. The van der Waals surface area contributed by atoms with Crippen LogP contribution in [0.4, 0.5) is 0 Å².